The van der Waals surface area contributed by atoms with Crippen LogP contribution in [0, 0.1) is 0 Å². The van der Waals surface area contributed by atoms with E-state index < -0.39 is 18.0 Å². The molecule has 1 saturated heterocycles. The van der Waals surface area contributed by atoms with Gasteiger partial charge in [-0.15, -0.1) is 0 Å². The molecule has 2 aromatic rings. The SMILES string of the molecule is O=C1CC[C@@H](N2Cc3c(NC(=O)OCc4ccccc4)cccc3C2=O)C(=O)N1. The molecule has 2 heterocycles. The Morgan fingerprint density at radius 1 is 1.10 bits per heavy atom. The molecule has 4 amide bonds. The average Bonchev–Trinajstić information content (AvgIpc) is 3.05. The molecule has 148 valence electrons. The third-order valence-corrected chi connectivity index (χ3v) is 5.03. The fourth-order valence-electron chi connectivity index (χ4n) is 3.57. The smallest absolute Gasteiger partial charge is 0.411 e. The van der Waals surface area contributed by atoms with Crippen molar-refractivity contribution in [3.63, 3.8) is 0 Å². The third-order valence-electron chi connectivity index (χ3n) is 5.03. The highest BCUT2D eigenvalue weighted by Crippen LogP contribution is 2.32. The number of piperidine rings is 1. The number of hydrogen-bond donors (Lipinski definition) is 2. The molecule has 1 atom stereocenters. The summed E-state index contributed by atoms with van der Waals surface area (Å²) >= 11 is 0. The Morgan fingerprint density at radius 3 is 2.66 bits per heavy atom. The van der Waals surface area contributed by atoms with Crippen LogP contribution in [0.15, 0.2) is 48.5 Å². The number of carbonyl (C=O) groups is 4. The van der Waals surface area contributed by atoms with Gasteiger partial charge in [0.1, 0.15) is 12.6 Å². The Labute approximate surface area is 166 Å². The predicted molar refractivity (Wildman–Crippen MR) is 103 cm³/mol. The van der Waals surface area contributed by atoms with Gasteiger partial charge in [-0.3, -0.25) is 25.0 Å². The normalized spacial score (nSPS) is 18.3. The first-order valence-electron chi connectivity index (χ1n) is 9.27. The molecule has 8 heteroatoms. The second-order valence-corrected chi connectivity index (χ2v) is 6.92. The maximum atomic E-state index is 12.8. The minimum Gasteiger partial charge on any atom is -0.444 e. The standard InChI is InChI=1S/C21H19N3O5/c25-18-10-9-17(19(26)23-18)24-11-15-14(20(24)27)7-4-8-16(15)22-21(28)29-12-13-5-2-1-3-6-13/h1-8,17H,9-12H2,(H,22,28)(H,23,25,26)/t17-/m1/s1. The van der Waals surface area contributed by atoms with Crippen LogP contribution < -0.4 is 10.6 Å². The van der Waals surface area contributed by atoms with Gasteiger partial charge in [-0.2, -0.15) is 0 Å². The van der Waals surface area contributed by atoms with Gasteiger partial charge in [0, 0.05) is 29.8 Å². The molecule has 2 N–H and O–H groups in total. The first kappa shape index (κ1) is 18.7. The highest BCUT2D eigenvalue weighted by molar-refractivity contribution is 6.06. The van der Waals surface area contributed by atoms with Crippen LogP contribution in [0.3, 0.4) is 0 Å². The summed E-state index contributed by atoms with van der Waals surface area (Å²) in [4.78, 5) is 50.0. The van der Waals surface area contributed by atoms with Crippen molar-refractivity contribution in [2.24, 2.45) is 0 Å². The Hall–Kier alpha value is -3.68. The van der Waals surface area contributed by atoms with Crippen LogP contribution in [0.4, 0.5) is 10.5 Å². The molecular formula is C21H19N3O5. The molecule has 0 radical (unpaired) electrons. The number of carbonyl (C=O) groups excluding carboxylic acids is 4. The van der Waals surface area contributed by atoms with E-state index in [0.29, 0.717) is 16.8 Å². The van der Waals surface area contributed by atoms with Crippen LogP contribution in [0.2, 0.25) is 0 Å². The van der Waals surface area contributed by atoms with E-state index in [0.717, 1.165) is 5.56 Å². The van der Waals surface area contributed by atoms with Crippen LogP contribution in [0.1, 0.15) is 34.3 Å². The van der Waals surface area contributed by atoms with Crippen LogP contribution in [0.25, 0.3) is 0 Å². The number of rotatable bonds is 4. The molecule has 2 aromatic carbocycles. The van der Waals surface area contributed by atoms with Crippen molar-refractivity contribution in [1.29, 1.82) is 0 Å². The second-order valence-electron chi connectivity index (χ2n) is 6.92. The topological polar surface area (TPSA) is 105 Å². The lowest BCUT2D eigenvalue weighted by Crippen LogP contribution is -2.52. The van der Waals surface area contributed by atoms with Gasteiger partial charge in [-0.1, -0.05) is 36.4 Å². The summed E-state index contributed by atoms with van der Waals surface area (Å²) < 4.78 is 5.24. The van der Waals surface area contributed by atoms with Crippen molar-refractivity contribution >= 4 is 29.5 Å². The van der Waals surface area contributed by atoms with E-state index in [9.17, 15) is 19.2 Å². The zero-order chi connectivity index (χ0) is 20.4. The minimum atomic E-state index is -0.703. The predicted octanol–water partition coefficient (Wildman–Crippen LogP) is 2.20. The van der Waals surface area contributed by atoms with Crippen LogP contribution >= 0.6 is 0 Å². The molecule has 0 aromatic heterocycles. The van der Waals surface area contributed by atoms with E-state index in [1.807, 2.05) is 30.3 Å². The molecule has 8 nitrogen and oxygen atoms in total. The van der Waals surface area contributed by atoms with Crippen molar-refractivity contribution < 1.29 is 23.9 Å². The summed E-state index contributed by atoms with van der Waals surface area (Å²) in [6.45, 7) is 0.304. The van der Waals surface area contributed by atoms with E-state index in [4.69, 9.17) is 4.74 Å². The van der Waals surface area contributed by atoms with Gasteiger partial charge < -0.3 is 9.64 Å². The van der Waals surface area contributed by atoms with Crippen molar-refractivity contribution in [3.05, 3.63) is 65.2 Å². The van der Waals surface area contributed by atoms with Crippen LogP contribution in [-0.4, -0.2) is 34.8 Å². The summed E-state index contributed by atoms with van der Waals surface area (Å²) in [6, 6.07) is 13.6. The zero-order valence-electron chi connectivity index (χ0n) is 15.5. The van der Waals surface area contributed by atoms with Gasteiger partial charge in [0.2, 0.25) is 11.8 Å². The fourth-order valence-corrected chi connectivity index (χ4v) is 3.57. The lowest BCUT2D eigenvalue weighted by Gasteiger charge is -2.29. The maximum absolute atomic E-state index is 12.8. The Bertz CT molecular complexity index is 989. The molecule has 1 fully saturated rings. The number of benzene rings is 2. The number of hydrogen-bond acceptors (Lipinski definition) is 5. The van der Waals surface area contributed by atoms with Gasteiger partial charge >= 0.3 is 6.09 Å². The number of imide groups is 1. The summed E-state index contributed by atoms with van der Waals surface area (Å²) in [6.07, 6.45) is -0.158. The van der Waals surface area contributed by atoms with Crippen molar-refractivity contribution in [3.8, 4) is 0 Å². The lowest BCUT2D eigenvalue weighted by atomic mass is 10.0. The van der Waals surface area contributed by atoms with Crippen molar-refractivity contribution in [2.45, 2.75) is 32.0 Å². The first-order valence-corrected chi connectivity index (χ1v) is 9.27. The van der Waals surface area contributed by atoms with Crippen molar-refractivity contribution in [2.75, 3.05) is 5.32 Å². The van der Waals surface area contributed by atoms with Gasteiger partial charge in [-0.25, -0.2) is 4.79 Å². The van der Waals surface area contributed by atoms with E-state index in [1.165, 1.54) is 4.90 Å². The Balaban J connectivity index is 1.46. The van der Waals surface area contributed by atoms with E-state index >= 15 is 0 Å². The summed E-state index contributed by atoms with van der Waals surface area (Å²) in [5, 5.41) is 4.95. The van der Waals surface area contributed by atoms with Crippen LogP contribution in [-0.2, 0) is 27.5 Å². The molecule has 0 saturated carbocycles. The Morgan fingerprint density at radius 2 is 1.90 bits per heavy atom. The number of nitrogens with zero attached hydrogens (tertiary/aromatic N) is 1. The molecule has 0 bridgehead atoms. The van der Waals surface area contributed by atoms with E-state index in [1.54, 1.807) is 18.2 Å². The lowest BCUT2D eigenvalue weighted by molar-refractivity contribution is -0.136. The molecule has 0 spiro atoms. The number of ether oxygens (including phenoxy) is 1. The number of nitrogens with one attached hydrogen (secondary N) is 2. The summed E-state index contributed by atoms with van der Waals surface area (Å²) in [7, 11) is 0. The summed E-state index contributed by atoms with van der Waals surface area (Å²) in [5.74, 6) is -1.10. The quantitative estimate of drug-likeness (QED) is 0.775. The fraction of sp³-hybridized carbons (Fsp3) is 0.238. The first-order chi connectivity index (χ1) is 14.0. The molecule has 29 heavy (non-hydrogen) atoms. The van der Waals surface area contributed by atoms with Gasteiger partial charge in [0.05, 0.1) is 0 Å². The number of fused-ring (bicyclic) bond motifs is 1. The monoisotopic (exact) mass is 393 g/mol. The van der Waals surface area contributed by atoms with E-state index in [2.05, 4.69) is 10.6 Å². The highest BCUT2D eigenvalue weighted by Gasteiger charge is 2.39. The van der Waals surface area contributed by atoms with Crippen molar-refractivity contribution in [1.82, 2.24) is 10.2 Å². The number of anilines is 1. The van der Waals surface area contributed by atoms with Gasteiger partial charge in [-0.05, 0) is 24.1 Å². The Kier molecular flexibility index (Phi) is 4.99. The molecule has 0 aliphatic carbocycles. The zero-order valence-corrected chi connectivity index (χ0v) is 15.5. The average molecular weight is 393 g/mol. The largest absolute Gasteiger partial charge is 0.444 e. The minimum absolute atomic E-state index is 0.128. The maximum Gasteiger partial charge on any atom is 0.411 e. The van der Waals surface area contributed by atoms with Gasteiger partial charge in [0.25, 0.3) is 5.91 Å². The molecule has 4 rings (SSSR count). The second kappa shape index (κ2) is 7.75. The van der Waals surface area contributed by atoms with Crippen LogP contribution in [0.5, 0.6) is 0 Å². The molecule has 0 unspecified atom stereocenters. The molecule has 2 aliphatic heterocycles. The molecular weight excluding hydrogens is 374 g/mol. The third kappa shape index (κ3) is 3.82. The highest BCUT2D eigenvalue weighted by atomic mass is 16.5. The van der Waals surface area contributed by atoms with E-state index in [-0.39, 0.29) is 37.8 Å². The number of amides is 4. The molecule has 2 aliphatic rings. The summed E-state index contributed by atoms with van der Waals surface area (Å²) in [5.41, 5.74) is 2.37. The van der Waals surface area contributed by atoms with Gasteiger partial charge in [0.15, 0.2) is 0 Å².